The first-order valence-electron chi connectivity index (χ1n) is 4.86. The van der Waals surface area contributed by atoms with Gasteiger partial charge >= 0.3 is 5.97 Å². The van der Waals surface area contributed by atoms with E-state index in [4.69, 9.17) is 4.74 Å². The highest BCUT2D eigenvalue weighted by molar-refractivity contribution is 5.70. The summed E-state index contributed by atoms with van der Waals surface area (Å²) < 4.78 is 5.00. The number of esters is 1. The van der Waals surface area contributed by atoms with E-state index in [1.807, 2.05) is 12.1 Å². The molecule has 1 radical (unpaired) electrons. The van der Waals surface area contributed by atoms with Gasteiger partial charge in [0.25, 0.3) is 0 Å². The molecule has 16 heavy (non-hydrogen) atoms. The number of aromatic nitrogens is 1. The number of benzene rings is 1. The highest BCUT2D eigenvalue weighted by Crippen LogP contribution is 2.21. The molecule has 0 saturated heterocycles. The van der Waals surface area contributed by atoms with Crippen LogP contribution in [0.1, 0.15) is 6.92 Å². The maximum absolute atomic E-state index is 10.8. The van der Waals surface area contributed by atoms with Crippen LogP contribution in [0.15, 0.2) is 42.6 Å². The molecule has 0 bridgehead atoms. The first-order chi connectivity index (χ1) is 7.75. The van der Waals surface area contributed by atoms with Gasteiger partial charge in [0, 0.05) is 18.7 Å². The predicted octanol–water partition coefficient (Wildman–Crippen LogP) is 2.47. The molecule has 1 heterocycles. The molecule has 0 amide bonds. The summed E-state index contributed by atoms with van der Waals surface area (Å²) in [6.07, 6.45) is 1.67. The van der Waals surface area contributed by atoms with E-state index in [1.54, 1.807) is 30.5 Å². The van der Waals surface area contributed by atoms with Crippen molar-refractivity contribution in [2.75, 3.05) is 0 Å². The highest BCUT2D eigenvalue weighted by atomic mass is 16.5. The second-order valence-electron chi connectivity index (χ2n) is 3.26. The van der Waals surface area contributed by atoms with Crippen LogP contribution >= 0.6 is 0 Å². The van der Waals surface area contributed by atoms with Crippen molar-refractivity contribution in [2.24, 2.45) is 0 Å². The average molecular weight is 212 g/mol. The lowest BCUT2D eigenvalue weighted by molar-refractivity contribution is -0.131. The molecular weight excluding hydrogens is 202 g/mol. The summed E-state index contributed by atoms with van der Waals surface area (Å²) in [4.78, 5) is 15.0. The summed E-state index contributed by atoms with van der Waals surface area (Å²) >= 11 is 0. The molecule has 79 valence electrons. The van der Waals surface area contributed by atoms with Gasteiger partial charge in [-0.15, -0.1) is 0 Å². The minimum atomic E-state index is -0.329. The number of carbonyl (C=O) groups excluding carboxylic acids is 1. The topological polar surface area (TPSA) is 39.2 Å². The van der Waals surface area contributed by atoms with Crippen molar-refractivity contribution in [3.05, 3.63) is 48.7 Å². The van der Waals surface area contributed by atoms with E-state index < -0.39 is 0 Å². The Morgan fingerprint density at radius 3 is 3.00 bits per heavy atom. The fourth-order valence-electron chi connectivity index (χ4n) is 1.37. The van der Waals surface area contributed by atoms with E-state index in [1.165, 1.54) is 6.92 Å². The molecule has 0 atom stereocenters. The van der Waals surface area contributed by atoms with Crippen LogP contribution in [0, 0.1) is 6.07 Å². The summed E-state index contributed by atoms with van der Waals surface area (Å²) in [5.74, 6) is 0.195. The number of carbonyl (C=O) groups is 1. The van der Waals surface area contributed by atoms with Crippen molar-refractivity contribution in [3.63, 3.8) is 0 Å². The second kappa shape index (κ2) is 4.57. The van der Waals surface area contributed by atoms with Crippen LogP contribution in [0.3, 0.4) is 0 Å². The van der Waals surface area contributed by atoms with Crippen LogP contribution < -0.4 is 4.74 Å². The van der Waals surface area contributed by atoms with Crippen molar-refractivity contribution in [2.45, 2.75) is 6.92 Å². The lowest BCUT2D eigenvalue weighted by Crippen LogP contribution is -2.01. The molecule has 1 aromatic carbocycles. The van der Waals surface area contributed by atoms with Crippen molar-refractivity contribution in [1.29, 1.82) is 0 Å². The number of pyridine rings is 1. The Hall–Kier alpha value is -2.16. The average Bonchev–Trinajstić information content (AvgIpc) is 2.30. The summed E-state index contributed by atoms with van der Waals surface area (Å²) in [7, 11) is 0. The van der Waals surface area contributed by atoms with E-state index in [-0.39, 0.29) is 5.97 Å². The number of nitrogens with zero attached hydrogens (tertiary/aromatic N) is 1. The molecule has 3 heteroatoms. The molecule has 2 aromatic rings. The Bertz CT molecular complexity index is 494. The van der Waals surface area contributed by atoms with E-state index in [0.29, 0.717) is 5.75 Å². The van der Waals surface area contributed by atoms with E-state index in [0.717, 1.165) is 11.3 Å². The van der Waals surface area contributed by atoms with Crippen LogP contribution in [0.5, 0.6) is 5.75 Å². The van der Waals surface area contributed by atoms with Crippen molar-refractivity contribution in [1.82, 2.24) is 4.98 Å². The maximum Gasteiger partial charge on any atom is 0.308 e. The zero-order valence-corrected chi connectivity index (χ0v) is 8.81. The van der Waals surface area contributed by atoms with Crippen molar-refractivity contribution in [3.8, 4) is 17.0 Å². The Morgan fingerprint density at radius 2 is 2.31 bits per heavy atom. The molecule has 0 saturated carbocycles. The summed E-state index contributed by atoms with van der Waals surface area (Å²) in [5.41, 5.74) is 1.70. The van der Waals surface area contributed by atoms with E-state index in [9.17, 15) is 4.79 Å². The molecular formula is C13H10NO2. The van der Waals surface area contributed by atoms with Crippen LogP contribution in [0.4, 0.5) is 0 Å². The molecule has 0 aliphatic heterocycles. The monoisotopic (exact) mass is 212 g/mol. The van der Waals surface area contributed by atoms with Crippen molar-refractivity contribution >= 4 is 5.97 Å². The minimum Gasteiger partial charge on any atom is -0.427 e. The van der Waals surface area contributed by atoms with E-state index >= 15 is 0 Å². The van der Waals surface area contributed by atoms with Crippen LogP contribution in [-0.4, -0.2) is 11.0 Å². The van der Waals surface area contributed by atoms with Gasteiger partial charge in [0.05, 0.1) is 5.69 Å². The number of hydrogen-bond acceptors (Lipinski definition) is 3. The Morgan fingerprint density at radius 1 is 1.44 bits per heavy atom. The van der Waals surface area contributed by atoms with Gasteiger partial charge in [-0.3, -0.25) is 9.78 Å². The Kier molecular flexibility index (Phi) is 2.96. The van der Waals surface area contributed by atoms with Gasteiger partial charge in [-0.25, -0.2) is 0 Å². The first-order valence-corrected chi connectivity index (χ1v) is 4.86. The van der Waals surface area contributed by atoms with Gasteiger partial charge < -0.3 is 4.74 Å². The van der Waals surface area contributed by atoms with Crippen LogP contribution in [0.25, 0.3) is 11.3 Å². The fourth-order valence-corrected chi connectivity index (χ4v) is 1.37. The predicted molar refractivity (Wildman–Crippen MR) is 59.8 cm³/mol. The van der Waals surface area contributed by atoms with Gasteiger partial charge in [0.15, 0.2) is 0 Å². The standard InChI is InChI=1S/C13H10NO2/c1-10(15)16-12-6-4-5-11(9-12)13-7-2-3-8-14-13/h3-9H,1H3. The highest BCUT2D eigenvalue weighted by Gasteiger charge is 2.02. The smallest absolute Gasteiger partial charge is 0.308 e. The maximum atomic E-state index is 10.8. The quantitative estimate of drug-likeness (QED) is 0.567. The van der Waals surface area contributed by atoms with Gasteiger partial charge in [0.2, 0.25) is 0 Å². The first kappa shape index (κ1) is 10.4. The molecule has 2 rings (SSSR count). The lowest BCUT2D eigenvalue weighted by atomic mass is 10.1. The normalized spacial score (nSPS) is 9.81. The van der Waals surface area contributed by atoms with Crippen molar-refractivity contribution < 1.29 is 9.53 Å². The molecule has 0 spiro atoms. The zero-order chi connectivity index (χ0) is 11.4. The summed E-state index contributed by atoms with van der Waals surface area (Å²) in [6.45, 7) is 1.38. The third-order valence-corrected chi connectivity index (χ3v) is 2.00. The van der Waals surface area contributed by atoms with Gasteiger partial charge in [0.1, 0.15) is 5.75 Å². The van der Waals surface area contributed by atoms with Crippen LogP contribution in [0.2, 0.25) is 0 Å². The number of ether oxygens (including phenoxy) is 1. The van der Waals surface area contributed by atoms with Gasteiger partial charge in [-0.1, -0.05) is 12.1 Å². The van der Waals surface area contributed by atoms with Gasteiger partial charge in [-0.05, 0) is 30.3 Å². The molecule has 0 aliphatic carbocycles. The number of hydrogen-bond donors (Lipinski definition) is 0. The second-order valence-corrected chi connectivity index (χ2v) is 3.26. The number of rotatable bonds is 2. The Labute approximate surface area is 93.7 Å². The zero-order valence-electron chi connectivity index (χ0n) is 8.81. The fraction of sp³-hybridized carbons (Fsp3) is 0.0769. The molecule has 0 fully saturated rings. The third-order valence-electron chi connectivity index (χ3n) is 2.00. The minimum absolute atomic E-state index is 0.329. The van der Waals surface area contributed by atoms with Gasteiger partial charge in [-0.2, -0.15) is 0 Å². The largest absolute Gasteiger partial charge is 0.427 e. The molecule has 3 nitrogen and oxygen atoms in total. The summed E-state index contributed by atoms with van der Waals surface area (Å²) in [6, 6.07) is 13.7. The molecule has 0 N–H and O–H groups in total. The third kappa shape index (κ3) is 2.45. The van der Waals surface area contributed by atoms with Crippen LogP contribution in [-0.2, 0) is 4.79 Å². The summed E-state index contributed by atoms with van der Waals surface area (Å²) in [5, 5.41) is 0. The lowest BCUT2D eigenvalue weighted by Gasteiger charge is -2.04. The SMILES string of the molecule is CC(=O)Oc1cccc(-c2c[c]ccn2)c1. The molecule has 0 unspecified atom stereocenters. The Balaban J connectivity index is 2.33. The van der Waals surface area contributed by atoms with E-state index in [2.05, 4.69) is 11.1 Å². The molecule has 0 aliphatic rings. The molecule has 1 aromatic heterocycles.